The van der Waals surface area contributed by atoms with Crippen molar-refractivity contribution in [1.29, 1.82) is 0 Å². The summed E-state index contributed by atoms with van der Waals surface area (Å²) in [5.41, 5.74) is -0.270. The molecule has 0 radical (unpaired) electrons. The summed E-state index contributed by atoms with van der Waals surface area (Å²) < 4.78 is 16.3. The molecule has 2 aliphatic rings. The molecule has 2 heterocycles. The third-order valence-corrected chi connectivity index (χ3v) is 8.95. The maximum Gasteiger partial charge on any atom is 0.302 e. The minimum absolute atomic E-state index is 0.136. The molecule has 0 aliphatic carbocycles. The summed E-state index contributed by atoms with van der Waals surface area (Å²) in [7, 11) is 0. The Bertz CT molecular complexity index is 912. The molecule has 10 unspecified atom stereocenters. The van der Waals surface area contributed by atoms with E-state index in [4.69, 9.17) is 14.2 Å². The number of rotatable bonds is 19. The molecule has 248 valence electrons. The highest BCUT2D eigenvalue weighted by molar-refractivity contribution is 5.65. The fourth-order valence-corrected chi connectivity index (χ4v) is 5.81. The summed E-state index contributed by atoms with van der Waals surface area (Å²) in [5, 5.41) is 43.0. The molecule has 0 bridgehead atoms. The molecule has 43 heavy (non-hydrogen) atoms. The number of epoxide rings is 1. The third kappa shape index (κ3) is 13.1. The zero-order valence-electron chi connectivity index (χ0n) is 27.5. The lowest BCUT2D eigenvalue weighted by molar-refractivity contribution is -0.141. The number of allylic oxidation sites excluding steroid dienone is 3. The van der Waals surface area contributed by atoms with Gasteiger partial charge in [-0.1, -0.05) is 58.1 Å². The molecule has 0 spiro atoms. The average Bonchev–Trinajstić information content (AvgIpc) is 3.73. The van der Waals surface area contributed by atoms with Crippen LogP contribution in [0, 0.1) is 17.8 Å². The molecule has 0 saturated carbocycles. The maximum absolute atomic E-state index is 11.5. The molecular weight excluding hydrogens is 550 g/mol. The monoisotopic (exact) mass is 609 g/mol. The van der Waals surface area contributed by atoms with E-state index in [1.54, 1.807) is 6.92 Å². The van der Waals surface area contributed by atoms with Crippen molar-refractivity contribution < 1.29 is 39.4 Å². The van der Waals surface area contributed by atoms with E-state index < -0.39 is 17.8 Å². The molecule has 0 aromatic rings. The Morgan fingerprint density at radius 2 is 1.74 bits per heavy atom. The lowest BCUT2D eigenvalue weighted by atomic mass is 9.86. The van der Waals surface area contributed by atoms with E-state index in [0.717, 1.165) is 18.4 Å². The van der Waals surface area contributed by atoms with Crippen LogP contribution in [0.2, 0.25) is 0 Å². The molecule has 10 atom stereocenters. The van der Waals surface area contributed by atoms with Gasteiger partial charge >= 0.3 is 5.97 Å². The second-order valence-corrected chi connectivity index (χ2v) is 12.9. The van der Waals surface area contributed by atoms with Gasteiger partial charge in [0.2, 0.25) is 0 Å². The van der Waals surface area contributed by atoms with Gasteiger partial charge in [-0.2, -0.15) is 0 Å². The number of ether oxygens (including phenoxy) is 3. The Labute approximate surface area is 259 Å². The fraction of sp³-hybridized carbons (Fsp3) is 0.794. The van der Waals surface area contributed by atoms with Gasteiger partial charge in [0, 0.05) is 38.3 Å². The van der Waals surface area contributed by atoms with Gasteiger partial charge in [-0.25, -0.2) is 0 Å². The van der Waals surface area contributed by atoms with Crippen molar-refractivity contribution in [1.82, 2.24) is 4.90 Å². The van der Waals surface area contributed by atoms with E-state index in [2.05, 4.69) is 17.9 Å². The molecule has 2 rings (SSSR count). The van der Waals surface area contributed by atoms with Crippen LogP contribution in [0.25, 0.3) is 0 Å². The lowest BCUT2D eigenvalue weighted by Gasteiger charge is -2.41. The van der Waals surface area contributed by atoms with E-state index in [-0.39, 0.29) is 48.8 Å². The summed E-state index contributed by atoms with van der Waals surface area (Å²) in [5.74, 6) is -0.0889. The molecule has 2 fully saturated rings. The molecular formula is C34H59NO8. The Morgan fingerprint density at radius 3 is 2.37 bits per heavy atom. The summed E-state index contributed by atoms with van der Waals surface area (Å²) in [4.78, 5) is 13.2. The number of carbonyl (C=O) groups is 1. The smallest absolute Gasteiger partial charge is 0.302 e. The van der Waals surface area contributed by atoms with Gasteiger partial charge in [-0.15, -0.1) is 0 Å². The second kappa shape index (κ2) is 18.4. The molecule has 0 aromatic carbocycles. The first-order valence-electron chi connectivity index (χ1n) is 16.2. The van der Waals surface area contributed by atoms with Gasteiger partial charge in [0.05, 0.1) is 62.0 Å². The van der Waals surface area contributed by atoms with Crippen LogP contribution in [0.4, 0.5) is 0 Å². The standard InChI is InChI=1S/C34H59NO8/c1-8-29(38)26(5)33-30(43-33)22-23(2)10-9-11-24(3)32(39)25(4)12-13-31(35-17-20-41-21-18-35)34(7,40)16-14-28(37)15-19-42-27(6)36/h9-13,23,25-26,28-33,37-40H,8,14-22H2,1-7H3. The number of nitrogens with zero attached hydrogens (tertiary/aromatic N) is 1. The van der Waals surface area contributed by atoms with Gasteiger partial charge in [0.1, 0.15) is 0 Å². The summed E-state index contributed by atoms with van der Waals surface area (Å²) in [6.45, 7) is 15.9. The molecule has 2 saturated heterocycles. The van der Waals surface area contributed by atoms with Gasteiger partial charge < -0.3 is 34.6 Å². The van der Waals surface area contributed by atoms with Gasteiger partial charge in [0.15, 0.2) is 0 Å². The van der Waals surface area contributed by atoms with Gasteiger partial charge in [-0.05, 0) is 51.0 Å². The second-order valence-electron chi connectivity index (χ2n) is 12.9. The van der Waals surface area contributed by atoms with Gasteiger partial charge in [0.25, 0.3) is 0 Å². The first kappa shape index (κ1) is 37.6. The van der Waals surface area contributed by atoms with Gasteiger partial charge in [-0.3, -0.25) is 9.69 Å². The van der Waals surface area contributed by atoms with Crippen LogP contribution in [0.1, 0.15) is 80.6 Å². The highest BCUT2D eigenvalue weighted by atomic mass is 16.6. The Kier molecular flexibility index (Phi) is 16.1. The Hall–Kier alpha value is -1.59. The fourth-order valence-electron chi connectivity index (χ4n) is 5.81. The summed E-state index contributed by atoms with van der Waals surface area (Å²) in [6.07, 6.45) is 11.4. The predicted octanol–water partition coefficient (Wildman–Crippen LogP) is 3.79. The highest BCUT2D eigenvalue weighted by Crippen LogP contribution is 2.36. The summed E-state index contributed by atoms with van der Waals surface area (Å²) in [6, 6.07) is -0.314. The van der Waals surface area contributed by atoms with E-state index in [0.29, 0.717) is 51.5 Å². The normalized spacial score (nSPS) is 26.4. The third-order valence-electron chi connectivity index (χ3n) is 8.95. The van der Waals surface area contributed by atoms with Crippen LogP contribution in [0.15, 0.2) is 36.0 Å². The Morgan fingerprint density at radius 1 is 1.07 bits per heavy atom. The van der Waals surface area contributed by atoms with Crippen molar-refractivity contribution in [2.75, 3.05) is 32.9 Å². The first-order valence-corrected chi connectivity index (χ1v) is 16.2. The molecule has 0 aromatic heterocycles. The highest BCUT2D eigenvalue weighted by Gasteiger charge is 2.45. The zero-order chi connectivity index (χ0) is 32.2. The van der Waals surface area contributed by atoms with E-state index >= 15 is 0 Å². The van der Waals surface area contributed by atoms with E-state index in [1.165, 1.54) is 6.92 Å². The number of morpholine rings is 1. The first-order chi connectivity index (χ1) is 20.3. The van der Waals surface area contributed by atoms with Crippen molar-refractivity contribution in [2.24, 2.45) is 17.8 Å². The average molecular weight is 610 g/mol. The van der Waals surface area contributed by atoms with Crippen molar-refractivity contribution in [2.45, 2.75) is 123 Å². The lowest BCUT2D eigenvalue weighted by Crippen LogP contribution is -2.54. The predicted molar refractivity (Wildman–Crippen MR) is 168 cm³/mol. The molecule has 0 amide bonds. The number of esters is 1. The van der Waals surface area contributed by atoms with Crippen LogP contribution >= 0.6 is 0 Å². The SMILES string of the molecule is CCC(O)C(C)C1OC1CC(C)C=CC=C(C)C(O)C(C)C=CC(N1CCOCC1)C(C)(O)CCC(O)CCOC(C)=O. The molecule has 9 nitrogen and oxygen atoms in total. The molecule has 9 heteroatoms. The van der Waals surface area contributed by atoms with Crippen LogP contribution < -0.4 is 0 Å². The van der Waals surface area contributed by atoms with Crippen molar-refractivity contribution in [3.8, 4) is 0 Å². The molecule has 4 N–H and O–H groups in total. The summed E-state index contributed by atoms with van der Waals surface area (Å²) >= 11 is 0. The van der Waals surface area contributed by atoms with Crippen LogP contribution in [-0.4, -0.2) is 106 Å². The quantitative estimate of drug-likeness (QED) is 0.0748. The topological polar surface area (TPSA) is 132 Å². The van der Waals surface area contributed by atoms with E-state index in [1.807, 2.05) is 52.0 Å². The zero-order valence-corrected chi connectivity index (χ0v) is 27.5. The van der Waals surface area contributed by atoms with Crippen LogP contribution in [-0.2, 0) is 19.0 Å². The number of aliphatic hydroxyl groups is 4. The number of carbonyl (C=O) groups excluding carboxylic acids is 1. The molecule has 2 aliphatic heterocycles. The number of hydrogen-bond donors (Lipinski definition) is 4. The number of aliphatic hydroxyl groups excluding tert-OH is 3. The van der Waals surface area contributed by atoms with E-state index in [9.17, 15) is 25.2 Å². The van der Waals surface area contributed by atoms with Crippen molar-refractivity contribution in [3.63, 3.8) is 0 Å². The van der Waals surface area contributed by atoms with Crippen molar-refractivity contribution in [3.05, 3.63) is 36.0 Å². The van der Waals surface area contributed by atoms with Crippen molar-refractivity contribution >= 4 is 5.97 Å². The van der Waals surface area contributed by atoms with Crippen LogP contribution in [0.5, 0.6) is 0 Å². The maximum atomic E-state index is 11.5. The van der Waals surface area contributed by atoms with Crippen LogP contribution in [0.3, 0.4) is 0 Å². The Balaban J connectivity index is 1.95. The minimum atomic E-state index is -1.12. The largest absolute Gasteiger partial charge is 0.466 e. The number of hydrogen-bond acceptors (Lipinski definition) is 9. The minimum Gasteiger partial charge on any atom is -0.466 e.